The maximum Gasteiger partial charge on any atom is -0.0274 e. The van der Waals surface area contributed by atoms with Gasteiger partial charge in [-0.1, -0.05) is 47.0 Å². The van der Waals surface area contributed by atoms with Crippen LogP contribution in [0.4, 0.5) is 0 Å². The van der Waals surface area contributed by atoms with Gasteiger partial charge in [-0.2, -0.15) is 0 Å². The summed E-state index contributed by atoms with van der Waals surface area (Å²) in [5, 5.41) is 0. The molecule has 0 radical (unpaired) electrons. The van der Waals surface area contributed by atoms with Gasteiger partial charge in [0.1, 0.15) is 0 Å². The van der Waals surface area contributed by atoms with Gasteiger partial charge in [-0.05, 0) is 36.5 Å². The fourth-order valence-electron chi connectivity index (χ4n) is 2.77. The average Bonchev–Trinajstić information content (AvgIpc) is 2.50. The van der Waals surface area contributed by atoms with E-state index in [0.29, 0.717) is 0 Å². The molecule has 0 amide bonds. The first-order chi connectivity index (χ1) is 6.07. The van der Waals surface area contributed by atoms with E-state index in [-0.39, 0.29) is 0 Å². The molecule has 1 fully saturated rings. The molecular weight excluding hydrogens is 156 g/mol. The molecule has 1 saturated carbocycles. The molecule has 0 saturated heterocycles. The van der Waals surface area contributed by atoms with Gasteiger partial charge in [-0.3, -0.25) is 0 Å². The number of hydrogen-bond acceptors (Lipinski definition) is 0. The second-order valence-electron chi connectivity index (χ2n) is 5.66. The van der Waals surface area contributed by atoms with Crippen LogP contribution in [0.25, 0.3) is 0 Å². The monoisotopic (exact) mass is 182 g/mol. The highest BCUT2D eigenvalue weighted by atomic mass is 14.4. The largest absolute Gasteiger partial charge is 0.0628 e. The van der Waals surface area contributed by atoms with Gasteiger partial charge in [0, 0.05) is 0 Å². The van der Waals surface area contributed by atoms with Crippen LogP contribution in [-0.4, -0.2) is 0 Å². The van der Waals surface area contributed by atoms with Crippen molar-refractivity contribution in [3.8, 4) is 0 Å². The molecule has 1 aliphatic rings. The summed E-state index contributed by atoms with van der Waals surface area (Å²) >= 11 is 0. The normalized spacial score (nSPS) is 21.7. The van der Waals surface area contributed by atoms with Gasteiger partial charge in [-0.15, -0.1) is 0 Å². The molecule has 1 rings (SSSR count). The molecule has 0 heteroatoms. The summed E-state index contributed by atoms with van der Waals surface area (Å²) in [6.07, 6.45) is 8.86. The molecule has 0 bridgehead atoms. The topological polar surface area (TPSA) is 0 Å². The summed E-state index contributed by atoms with van der Waals surface area (Å²) in [5.41, 5.74) is 0.726. The van der Waals surface area contributed by atoms with Crippen molar-refractivity contribution < 1.29 is 0 Å². The highest BCUT2D eigenvalue weighted by molar-refractivity contribution is 4.87. The standard InChI is InChI=1S/C13H26/c1-11(2)7-10-13(12(3)4)8-5-6-9-13/h11-12H,5-10H2,1-4H3. The van der Waals surface area contributed by atoms with Crippen LogP contribution in [-0.2, 0) is 0 Å². The van der Waals surface area contributed by atoms with E-state index < -0.39 is 0 Å². The minimum atomic E-state index is 0.726. The van der Waals surface area contributed by atoms with Gasteiger partial charge < -0.3 is 0 Å². The quantitative estimate of drug-likeness (QED) is 0.594. The van der Waals surface area contributed by atoms with Crippen molar-refractivity contribution in [2.24, 2.45) is 17.3 Å². The molecule has 0 N–H and O–H groups in total. The molecule has 0 aliphatic heterocycles. The van der Waals surface area contributed by atoms with Gasteiger partial charge >= 0.3 is 0 Å². The first kappa shape index (κ1) is 11.1. The molecule has 78 valence electrons. The van der Waals surface area contributed by atoms with Gasteiger partial charge in [0.05, 0.1) is 0 Å². The number of rotatable bonds is 4. The van der Waals surface area contributed by atoms with E-state index in [1.54, 1.807) is 0 Å². The summed E-state index contributed by atoms with van der Waals surface area (Å²) < 4.78 is 0. The van der Waals surface area contributed by atoms with Crippen LogP contribution in [0.2, 0.25) is 0 Å². The Labute approximate surface area is 84.1 Å². The van der Waals surface area contributed by atoms with E-state index in [2.05, 4.69) is 27.7 Å². The lowest BCUT2D eigenvalue weighted by Crippen LogP contribution is -2.24. The maximum atomic E-state index is 2.42. The molecule has 0 nitrogen and oxygen atoms in total. The molecule has 0 spiro atoms. The van der Waals surface area contributed by atoms with E-state index in [4.69, 9.17) is 0 Å². The fourth-order valence-corrected chi connectivity index (χ4v) is 2.77. The van der Waals surface area contributed by atoms with E-state index in [0.717, 1.165) is 17.3 Å². The van der Waals surface area contributed by atoms with Crippen LogP contribution >= 0.6 is 0 Å². The molecule has 0 unspecified atom stereocenters. The van der Waals surface area contributed by atoms with Crippen molar-refractivity contribution in [1.29, 1.82) is 0 Å². The molecule has 0 atom stereocenters. The Kier molecular flexibility index (Phi) is 3.82. The maximum absolute atomic E-state index is 2.42. The Morgan fingerprint density at radius 3 is 1.92 bits per heavy atom. The lowest BCUT2D eigenvalue weighted by atomic mass is 9.71. The van der Waals surface area contributed by atoms with Crippen molar-refractivity contribution in [3.05, 3.63) is 0 Å². The van der Waals surface area contributed by atoms with Crippen LogP contribution in [0.1, 0.15) is 66.2 Å². The van der Waals surface area contributed by atoms with Crippen molar-refractivity contribution in [3.63, 3.8) is 0 Å². The Bertz CT molecular complexity index is 138. The lowest BCUT2D eigenvalue weighted by molar-refractivity contribution is 0.166. The van der Waals surface area contributed by atoms with Crippen LogP contribution in [0.5, 0.6) is 0 Å². The van der Waals surface area contributed by atoms with E-state index in [1.807, 2.05) is 0 Å². The highest BCUT2D eigenvalue weighted by Gasteiger charge is 2.36. The summed E-state index contributed by atoms with van der Waals surface area (Å²) in [5.74, 6) is 1.78. The Hall–Kier alpha value is 0. The predicted molar refractivity (Wildman–Crippen MR) is 59.8 cm³/mol. The van der Waals surface area contributed by atoms with Gasteiger partial charge in [-0.25, -0.2) is 0 Å². The molecule has 0 aromatic carbocycles. The van der Waals surface area contributed by atoms with Gasteiger partial charge in [0.2, 0.25) is 0 Å². The smallest absolute Gasteiger partial charge is 0.0274 e. The zero-order valence-electron chi connectivity index (χ0n) is 9.90. The van der Waals surface area contributed by atoms with Crippen LogP contribution in [0.3, 0.4) is 0 Å². The van der Waals surface area contributed by atoms with Crippen LogP contribution < -0.4 is 0 Å². The number of hydrogen-bond donors (Lipinski definition) is 0. The fraction of sp³-hybridized carbons (Fsp3) is 1.00. The first-order valence-electron chi connectivity index (χ1n) is 6.07. The minimum absolute atomic E-state index is 0.726. The third-order valence-corrected chi connectivity index (χ3v) is 4.04. The molecule has 0 heterocycles. The third-order valence-electron chi connectivity index (χ3n) is 4.04. The first-order valence-corrected chi connectivity index (χ1v) is 6.07. The highest BCUT2D eigenvalue weighted by Crippen LogP contribution is 2.48. The summed E-state index contributed by atoms with van der Waals surface area (Å²) in [6.45, 7) is 9.54. The predicted octanol–water partition coefficient (Wildman–Crippen LogP) is 4.64. The lowest BCUT2D eigenvalue weighted by Gasteiger charge is -2.34. The molecule has 1 aliphatic carbocycles. The van der Waals surface area contributed by atoms with Crippen LogP contribution in [0.15, 0.2) is 0 Å². The summed E-state index contributed by atoms with van der Waals surface area (Å²) in [4.78, 5) is 0. The Morgan fingerprint density at radius 2 is 1.54 bits per heavy atom. The van der Waals surface area contributed by atoms with E-state index >= 15 is 0 Å². The van der Waals surface area contributed by atoms with E-state index in [9.17, 15) is 0 Å². The zero-order valence-corrected chi connectivity index (χ0v) is 9.90. The summed E-state index contributed by atoms with van der Waals surface area (Å²) in [6, 6.07) is 0. The van der Waals surface area contributed by atoms with Crippen LogP contribution in [0, 0.1) is 17.3 Å². The Morgan fingerprint density at radius 1 is 1.00 bits per heavy atom. The van der Waals surface area contributed by atoms with Crippen molar-refractivity contribution >= 4 is 0 Å². The van der Waals surface area contributed by atoms with Gasteiger partial charge in [0.15, 0.2) is 0 Å². The molecule has 0 aromatic heterocycles. The minimum Gasteiger partial charge on any atom is -0.0628 e. The molecule has 0 aromatic rings. The van der Waals surface area contributed by atoms with Crippen molar-refractivity contribution in [2.45, 2.75) is 66.2 Å². The molecule has 13 heavy (non-hydrogen) atoms. The zero-order chi connectivity index (χ0) is 9.90. The summed E-state index contributed by atoms with van der Waals surface area (Å²) in [7, 11) is 0. The Balaban J connectivity index is 2.47. The van der Waals surface area contributed by atoms with Gasteiger partial charge in [0.25, 0.3) is 0 Å². The van der Waals surface area contributed by atoms with Crippen molar-refractivity contribution in [2.75, 3.05) is 0 Å². The SMILES string of the molecule is CC(C)CCC1(C(C)C)CCCC1. The van der Waals surface area contributed by atoms with Crippen molar-refractivity contribution in [1.82, 2.24) is 0 Å². The second-order valence-corrected chi connectivity index (χ2v) is 5.66. The van der Waals surface area contributed by atoms with E-state index in [1.165, 1.54) is 38.5 Å². The second kappa shape index (κ2) is 4.48. The average molecular weight is 182 g/mol. The third kappa shape index (κ3) is 2.72. The molecular formula is C13H26.